The number of hydrogen-bond donors (Lipinski definition) is 1. The van der Waals surface area contributed by atoms with E-state index in [1.54, 1.807) is 0 Å². The minimum absolute atomic E-state index is 0.396. The van der Waals surface area contributed by atoms with E-state index in [2.05, 4.69) is 37.4 Å². The summed E-state index contributed by atoms with van der Waals surface area (Å²) < 4.78 is 5.97. The first-order chi connectivity index (χ1) is 7.77. The summed E-state index contributed by atoms with van der Waals surface area (Å²) in [5, 5.41) is 3.38. The molecule has 2 rings (SSSR count). The molecule has 1 N–H and O–H groups in total. The van der Waals surface area contributed by atoms with Gasteiger partial charge in [-0.25, -0.2) is 0 Å². The number of ether oxygens (including phenoxy) is 1. The molecule has 1 aromatic carbocycles. The van der Waals surface area contributed by atoms with Gasteiger partial charge in [-0.2, -0.15) is 0 Å². The summed E-state index contributed by atoms with van der Waals surface area (Å²) in [6.07, 6.45) is 2.82. The first kappa shape index (κ1) is 11.6. The van der Waals surface area contributed by atoms with Crippen molar-refractivity contribution in [1.82, 2.24) is 5.32 Å². The van der Waals surface area contributed by atoms with Gasteiger partial charge in [0.15, 0.2) is 0 Å². The van der Waals surface area contributed by atoms with E-state index in [1.807, 2.05) is 0 Å². The Hall–Kier alpha value is -0.860. The highest BCUT2D eigenvalue weighted by molar-refractivity contribution is 5.32. The van der Waals surface area contributed by atoms with Crippen LogP contribution in [0.3, 0.4) is 0 Å². The summed E-state index contributed by atoms with van der Waals surface area (Å²) in [6.45, 7) is 7.22. The van der Waals surface area contributed by atoms with E-state index in [1.165, 1.54) is 29.5 Å². The molecule has 0 aliphatic carbocycles. The maximum Gasteiger partial charge on any atom is 0.0726 e. The normalized spacial score (nSPS) is 21.0. The summed E-state index contributed by atoms with van der Waals surface area (Å²) >= 11 is 0. The lowest BCUT2D eigenvalue weighted by Crippen LogP contribution is -2.35. The Morgan fingerprint density at radius 3 is 2.69 bits per heavy atom. The van der Waals surface area contributed by atoms with Gasteiger partial charge in [-0.05, 0) is 49.9 Å². The van der Waals surface area contributed by atoms with E-state index in [-0.39, 0.29) is 0 Å². The molecule has 0 aromatic heterocycles. The Morgan fingerprint density at radius 1 is 1.31 bits per heavy atom. The minimum Gasteiger partial charge on any atom is -0.372 e. The van der Waals surface area contributed by atoms with Crippen molar-refractivity contribution in [3.05, 3.63) is 34.9 Å². The zero-order chi connectivity index (χ0) is 11.4. The number of rotatable bonds is 3. The lowest BCUT2D eigenvalue weighted by molar-refractivity contribution is 0.0248. The van der Waals surface area contributed by atoms with Crippen LogP contribution in [0.5, 0.6) is 0 Å². The Balaban J connectivity index is 1.93. The molecular weight excluding hydrogens is 198 g/mol. The monoisotopic (exact) mass is 219 g/mol. The molecule has 1 aliphatic rings. The Morgan fingerprint density at radius 2 is 2.06 bits per heavy atom. The van der Waals surface area contributed by atoms with E-state index < -0.39 is 0 Å². The van der Waals surface area contributed by atoms with Crippen molar-refractivity contribution in [2.24, 2.45) is 0 Å². The molecule has 2 heteroatoms. The van der Waals surface area contributed by atoms with Crippen LogP contribution in [-0.4, -0.2) is 19.2 Å². The van der Waals surface area contributed by atoms with Crippen LogP contribution in [-0.2, 0) is 11.3 Å². The minimum atomic E-state index is 0.396. The average Bonchev–Trinajstić information content (AvgIpc) is 2.30. The lowest BCUT2D eigenvalue weighted by atomic mass is 10.0. The fraction of sp³-hybridized carbons (Fsp3) is 0.571. The molecule has 0 spiro atoms. The molecule has 1 aromatic rings. The van der Waals surface area contributed by atoms with Crippen molar-refractivity contribution >= 4 is 0 Å². The van der Waals surface area contributed by atoms with Gasteiger partial charge in [-0.15, -0.1) is 0 Å². The first-order valence-corrected chi connectivity index (χ1v) is 6.15. The largest absolute Gasteiger partial charge is 0.372 e. The van der Waals surface area contributed by atoms with Gasteiger partial charge in [-0.3, -0.25) is 0 Å². The summed E-state index contributed by atoms with van der Waals surface area (Å²) in [7, 11) is 0. The average molecular weight is 219 g/mol. The summed E-state index contributed by atoms with van der Waals surface area (Å²) in [4.78, 5) is 0. The van der Waals surface area contributed by atoms with Crippen LogP contribution in [0.2, 0.25) is 0 Å². The molecule has 0 amide bonds. The van der Waals surface area contributed by atoms with E-state index in [0.29, 0.717) is 6.10 Å². The van der Waals surface area contributed by atoms with Crippen LogP contribution in [0.4, 0.5) is 0 Å². The molecule has 1 fully saturated rings. The van der Waals surface area contributed by atoms with E-state index >= 15 is 0 Å². The maximum atomic E-state index is 5.97. The van der Waals surface area contributed by atoms with Crippen LogP contribution >= 0.6 is 0 Å². The fourth-order valence-electron chi connectivity index (χ4n) is 2.24. The van der Waals surface area contributed by atoms with Gasteiger partial charge in [0.2, 0.25) is 0 Å². The Labute approximate surface area is 98.0 Å². The molecule has 88 valence electrons. The van der Waals surface area contributed by atoms with Crippen molar-refractivity contribution in [3.63, 3.8) is 0 Å². The second-order valence-electron chi connectivity index (χ2n) is 4.65. The molecule has 16 heavy (non-hydrogen) atoms. The standard InChI is InChI=1S/C14H21NO/c1-11-5-3-6-12(2)14(11)10-16-13-7-4-8-15-9-13/h3,5-6,13,15H,4,7-10H2,1-2H3. The molecule has 2 nitrogen and oxygen atoms in total. The highest BCUT2D eigenvalue weighted by atomic mass is 16.5. The van der Waals surface area contributed by atoms with Crippen molar-refractivity contribution in [2.75, 3.05) is 13.1 Å². The summed E-state index contributed by atoms with van der Waals surface area (Å²) in [5.74, 6) is 0. The number of hydrogen-bond acceptors (Lipinski definition) is 2. The third-order valence-electron chi connectivity index (χ3n) is 3.36. The van der Waals surface area contributed by atoms with Crippen molar-refractivity contribution in [1.29, 1.82) is 0 Å². The van der Waals surface area contributed by atoms with Crippen molar-refractivity contribution in [2.45, 2.75) is 39.4 Å². The molecule has 0 saturated carbocycles. The number of nitrogens with one attached hydrogen (secondary N) is 1. The van der Waals surface area contributed by atoms with Crippen LogP contribution < -0.4 is 5.32 Å². The number of piperidine rings is 1. The van der Waals surface area contributed by atoms with Crippen molar-refractivity contribution < 1.29 is 4.74 Å². The summed E-state index contributed by atoms with van der Waals surface area (Å²) in [5.41, 5.74) is 4.03. The molecule has 1 unspecified atom stereocenters. The second-order valence-corrected chi connectivity index (χ2v) is 4.65. The smallest absolute Gasteiger partial charge is 0.0726 e. The van der Waals surface area contributed by atoms with E-state index in [0.717, 1.165) is 19.7 Å². The lowest BCUT2D eigenvalue weighted by Gasteiger charge is -2.23. The van der Waals surface area contributed by atoms with Crippen molar-refractivity contribution in [3.8, 4) is 0 Å². The van der Waals surface area contributed by atoms with Gasteiger partial charge in [0.25, 0.3) is 0 Å². The van der Waals surface area contributed by atoms with Crippen LogP contribution in [0.25, 0.3) is 0 Å². The second kappa shape index (κ2) is 5.46. The number of aryl methyl sites for hydroxylation is 2. The third-order valence-corrected chi connectivity index (χ3v) is 3.36. The molecule has 1 saturated heterocycles. The van der Waals surface area contributed by atoms with Crippen LogP contribution in [0.15, 0.2) is 18.2 Å². The van der Waals surface area contributed by atoms with Gasteiger partial charge in [0.1, 0.15) is 0 Å². The number of benzene rings is 1. The SMILES string of the molecule is Cc1cccc(C)c1COC1CCCNC1. The zero-order valence-corrected chi connectivity index (χ0v) is 10.3. The Kier molecular flexibility index (Phi) is 3.97. The van der Waals surface area contributed by atoms with Gasteiger partial charge in [0, 0.05) is 6.54 Å². The van der Waals surface area contributed by atoms with E-state index in [9.17, 15) is 0 Å². The predicted octanol–water partition coefficient (Wildman–Crippen LogP) is 2.57. The summed E-state index contributed by atoms with van der Waals surface area (Å²) in [6, 6.07) is 6.42. The molecular formula is C14H21NO. The fourth-order valence-corrected chi connectivity index (χ4v) is 2.24. The Bertz CT molecular complexity index is 322. The van der Waals surface area contributed by atoms with Gasteiger partial charge >= 0.3 is 0 Å². The zero-order valence-electron chi connectivity index (χ0n) is 10.3. The molecule has 1 heterocycles. The van der Waals surface area contributed by atoms with Gasteiger partial charge < -0.3 is 10.1 Å². The van der Waals surface area contributed by atoms with Gasteiger partial charge in [-0.1, -0.05) is 18.2 Å². The van der Waals surface area contributed by atoms with Crippen LogP contribution in [0, 0.1) is 13.8 Å². The topological polar surface area (TPSA) is 21.3 Å². The van der Waals surface area contributed by atoms with Gasteiger partial charge in [0.05, 0.1) is 12.7 Å². The highest BCUT2D eigenvalue weighted by Crippen LogP contribution is 2.16. The maximum absolute atomic E-state index is 5.97. The molecule has 0 radical (unpaired) electrons. The third kappa shape index (κ3) is 2.83. The molecule has 1 aliphatic heterocycles. The predicted molar refractivity (Wildman–Crippen MR) is 66.6 cm³/mol. The molecule has 1 atom stereocenters. The highest BCUT2D eigenvalue weighted by Gasteiger charge is 2.13. The molecule has 0 bridgehead atoms. The first-order valence-electron chi connectivity index (χ1n) is 6.15. The quantitative estimate of drug-likeness (QED) is 0.843. The van der Waals surface area contributed by atoms with E-state index in [4.69, 9.17) is 4.74 Å². The van der Waals surface area contributed by atoms with Crippen LogP contribution in [0.1, 0.15) is 29.5 Å².